The zero-order chi connectivity index (χ0) is 32.0. The molecule has 5 atom stereocenters. The van der Waals surface area contributed by atoms with Crippen LogP contribution in [0.25, 0.3) is 0 Å². The van der Waals surface area contributed by atoms with Gasteiger partial charge in [-0.2, -0.15) is 0 Å². The molecule has 0 spiro atoms. The van der Waals surface area contributed by atoms with Crippen molar-refractivity contribution in [2.45, 2.75) is 62.1 Å². The standard InChI is InChI=1S/C35H41N3O6S/c1-35(2)31(33(42)36-18-17-23-11-5-3-6-12-23)38(22-45-35)34(43)27(39)20-25(19-24-13-7-4-8-14-24)32(41)37-30-26-15-9-10-16-29(26)44-21-28(30)40/h3-16,25,27-28,30-31,39-40H,17-22H2,1-2H3,(H,36,42)(H,37,41)/t25-,27?,28+,30-,31?/m0/s1. The number of benzene rings is 3. The van der Waals surface area contributed by atoms with Crippen molar-refractivity contribution in [1.82, 2.24) is 15.5 Å². The van der Waals surface area contributed by atoms with Gasteiger partial charge in [-0.3, -0.25) is 14.4 Å². The van der Waals surface area contributed by atoms with Gasteiger partial charge in [-0.1, -0.05) is 78.9 Å². The minimum atomic E-state index is -1.51. The Labute approximate surface area is 268 Å². The van der Waals surface area contributed by atoms with E-state index >= 15 is 0 Å². The summed E-state index contributed by atoms with van der Waals surface area (Å²) in [5.41, 5.74) is 2.64. The number of nitrogens with one attached hydrogen (secondary N) is 2. The SMILES string of the molecule is CC1(C)SCN(C(=O)C(O)C[C@H](Cc2ccccc2)C(=O)N[C@H]2c3ccccc3OC[C@H]2O)C1C(=O)NCCc1ccccc1. The second-order valence-electron chi connectivity index (χ2n) is 12.2. The molecule has 1 fully saturated rings. The van der Waals surface area contributed by atoms with E-state index in [0.29, 0.717) is 24.3 Å². The number of aliphatic hydroxyl groups is 2. The first kappa shape index (κ1) is 32.5. The molecule has 0 aromatic heterocycles. The van der Waals surface area contributed by atoms with Crippen LogP contribution in [0.15, 0.2) is 84.9 Å². The zero-order valence-electron chi connectivity index (χ0n) is 25.6. The van der Waals surface area contributed by atoms with Crippen LogP contribution in [0.3, 0.4) is 0 Å². The monoisotopic (exact) mass is 631 g/mol. The number of carbonyl (C=O) groups excluding carboxylic acids is 3. The topological polar surface area (TPSA) is 128 Å². The lowest BCUT2D eigenvalue weighted by Gasteiger charge is -2.33. The van der Waals surface area contributed by atoms with E-state index in [1.807, 2.05) is 86.6 Å². The van der Waals surface area contributed by atoms with Crippen LogP contribution in [0.2, 0.25) is 0 Å². The molecule has 3 aromatic carbocycles. The summed E-state index contributed by atoms with van der Waals surface area (Å²) in [5.74, 6) is -1.19. The maximum atomic E-state index is 13.8. The smallest absolute Gasteiger partial charge is 0.252 e. The summed E-state index contributed by atoms with van der Waals surface area (Å²) in [5, 5.41) is 28.0. The molecule has 238 valence electrons. The van der Waals surface area contributed by atoms with Crippen molar-refractivity contribution in [3.63, 3.8) is 0 Å². The van der Waals surface area contributed by atoms with Gasteiger partial charge in [0.15, 0.2) is 0 Å². The number of nitrogens with zero attached hydrogens (tertiary/aromatic N) is 1. The molecule has 0 bridgehead atoms. The van der Waals surface area contributed by atoms with Gasteiger partial charge in [0.25, 0.3) is 5.91 Å². The Bertz CT molecular complexity index is 1470. The highest BCUT2D eigenvalue weighted by Gasteiger charge is 2.49. The maximum Gasteiger partial charge on any atom is 0.252 e. The Morgan fingerprint density at radius 1 is 0.978 bits per heavy atom. The van der Waals surface area contributed by atoms with E-state index in [4.69, 9.17) is 4.74 Å². The van der Waals surface area contributed by atoms with E-state index in [9.17, 15) is 24.6 Å². The number of hydrogen-bond acceptors (Lipinski definition) is 7. The fourth-order valence-corrected chi connectivity index (χ4v) is 7.16. The number of amides is 3. The van der Waals surface area contributed by atoms with Crippen LogP contribution in [0, 0.1) is 5.92 Å². The molecule has 1 saturated heterocycles. The number of ether oxygens (including phenoxy) is 1. The Morgan fingerprint density at radius 2 is 1.62 bits per heavy atom. The molecule has 3 amide bonds. The molecule has 0 aliphatic carbocycles. The lowest BCUT2D eigenvalue weighted by atomic mass is 9.90. The minimum Gasteiger partial charge on any atom is -0.490 e. The number of rotatable bonds is 11. The number of hydrogen-bond donors (Lipinski definition) is 4. The molecule has 0 radical (unpaired) electrons. The van der Waals surface area contributed by atoms with Gasteiger partial charge in [-0.15, -0.1) is 11.8 Å². The molecular weight excluding hydrogens is 590 g/mol. The molecule has 10 heteroatoms. The largest absolute Gasteiger partial charge is 0.490 e. The molecule has 2 heterocycles. The van der Waals surface area contributed by atoms with Crippen molar-refractivity contribution < 1.29 is 29.3 Å². The average Bonchev–Trinajstić information content (AvgIpc) is 3.37. The van der Waals surface area contributed by atoms with Crippen molar-refractivity contribution in [1.29, 1.82) is 0 Å². The van der Waals surface area contributed by atoms with E-state index in [1.54, 1.807) is 12.1 Å². The summed E-state index contributed by atoms with van der Waals surface area (Å²) in [4.78, 5) is 42.4. The Kier molecular flexibility index (Phi) is 10.5. The van der Waals surface area contributed by atoms with E-state index in [-0.39, 0.29) is 31.2 Å². The Morgan fingerprint density at radius 3 is 2.33 bits per heavy atom. The summed E-state index contributed by atoms with van der Waals surface area (Å²) in [7, 11) is 0. The minimum absolute atomic E-state index is 0.0314. The molecule has 2 aliphatic heterocycles. The predicted octanol–water partition coefficient (Wildman–Crippen LogP) is 3.25. The highest BCUT2D eigenvalue weighted by molar-refractivity contribution is 8.00. The van der Waals surface area contributed by atoms with Gasteiger partial charge < -0.3 is 30.5 Å². The summed E-state index contributed by atoms with van der Waals surface area (Å²) in [6.45, 7) is 4.29. The molecule has 9 nitrogen and oxygen atoms in total. The third kappa shape index (κ3) is 7.87. The normalized spacial score (nSPS) is 21.6. The molecule has 0 saturated carbocycles. The van der Waals surface area contributed by atoms with Gasteiger partial charge in [0.1, 0.15) is 30.6 Å². The van der Waals surface area contributed by atoms with Gasteiger partial charge in [0.05, 0.1) is 11.9 Å². The van der Waals surface area contributed by atoms with E-state index < -0.39 is 46.8 Å². The number of aliphatic hydroxyl groups excluding tert-OH is 2. The van der Waals surface area contributed by atoms with Crippen LogP contribution < -0.4 is 15.4 Å². The van der Waals surface area contributed by atoms with Crippen molar-refractivity contribution in [3.05, 3.63) is 102 Å². The van der Waals surface area contributed by atoms with Gasteiger partial charge in [0, 0.05) is 22.8 Å². The van der Waals surface area contributed by atoms with Crippen molar-refractivity contribution in [3.8, 4) is 5.75 Å². The first-order valence-corrected chi connectivity index (χ1v) is 16.3. The molecule has 4 N–H and O–H groups in total. The summed E-state index contributed by atoms with van der Waals surface area (Å²) < 4.78 is 5.05. The summed E-state index contributed by atoms with van der Waals surface area (Å²) in [6, 6.07) is 25.0. The number of carbonyl (C=O) groups is 3. The summed E-state index contributed by atoms with van der Waals surface area (Å²) in [6.07, 6.45) is -1.68. The average molecular weight is 632 g/mol. The second-order valence-corrected chi connectivity index (χ2v) is 13.8. The Hall–Kier alpha value is -3.86. The fourth-order valence-electron chi connectivity index (χ4n) is 6.02. The third-order valence-corrected chi connectivity index (χ3v) is 9.84. The molecule has 3 aromatic rings. The zero-order valence-corrected chi connectivity index (χ0v) is 26.4. The Balaban J connectivity index is 1.29. The number of fused-ring (bicyclic) bond motifs is 1. The van der Waals surface area contributed by atoms with Crippen LogP contribution >= 0.6 is 11.8 Å². The van der Waals surface area contributed by atoms with Crippen LogP contribution in [0.4, 0.5) is 0 Å². The highest BCUT2D eigenvalue weighted by atomic mass is 32.2. The van der Waals surface area contributed by atoms with Gasteiger partial charge >= 0.3 is 0 Å². The first-order valence-electron chi connectivity index (χ1n) is 15.3. The summed E-state index contributed by atoms with van der Waals surface area (Å²) >= 11 is 1.48. The van der Waals surface area contributed by atoms with E-state index in [0.717, 1.165) is 11.1 Å². The molecular formula is C35H41N3O6S. The first-order chi connectivity index (χ1) is 21.6. The van der Waals surface area contributed by atoms with Crippen molar-refractivity contribution in [2.75, 3.05) is 19.0 Å². The molecule has 5 rings (SSSR count). The second kappa shape index (κ2) is 14.5. The highest BCUT2D eigenvalue weighted by Crippen LogP contribution is 2.40. The lowest BCUT2D eigenvalue weighted by Crippen LogP contribution is -2.55. The molecule has 2 unspecified atom stereocenters. The molecule has 45 heavy (non-hydrogen) atoms. The van der Waals surface area contributed by atoms with Crippen LogP contribution in [0.1, 0.15) is 43.0 Å². The number of thioether (sulfide) groups is 1. The number of para-hydroxylation sites is 1. The van der Waals surface area contributed by atoms with Crippen LogP contribution in [-0.2, 0) is 27.2 Å². The third-order valence-electron chi connectivity index (χ3n) is 8.47. The van der Waals surface area contributed by atoms with Crippen molar-refractivity contribution in [2.24, 2.45) is 5.92 Å². The van der Waals surface area contributed by atoms with Gasteiger partial charge in [-0.05, 0) is 50.3 Å². The van der Waals surface area contributed by atoms with Crippen LogP contribution in [0.5, 0.6) is 5.75 Å². The van der Waals surface area contributed by atoms with Gasteiger partial charge in [-0.25, -0.2) is 0 Å². The fraction of sp³-hybridized carbons (Fsp3) is 0.400. The lowest BCUT2D eigenvalue weighted by molar-refractivity contribution is -0.147. The van der Waals surface area contributed by atoms with E-state index in [2.05, 4.69) is 10.6 Å². The van der Waals surface area contributed by atoms with E-state index in [1.165, 1.54) is 16.7 Å². The van der Waals surface area contributed by atoms with Crippen LogP contribution in [-0.4, -0.2) is 74.9 Å². The van der Waals surface area contributed by atoms with Crippen molar-refractivity contribution >= 4 is 29.5 Å². The quantitative estimate of drug-likeness (QED) is 0.256. The van der Waals surface area contributed by atoms with Gasteiger partial charge in [0.2, 0.25) is 11.8 Å². The predicted molar refractivity (Wildman–Crippen MR) is 173 cm³/mol. The maximum absolute atomic E-state index is 13.8. The molecule has 2 aliphatic rings.